The topological polar surface area (TPSA) is 117 Å². The number of hydrogen-bond acceptors (Lipinski definition) is 6. The van der Waals surface area contributed by atoms with E-state index in [4.69, 9.17) is 9.47 Å². The van der Waals surface area contributed by atoms with Crippen molar-refractivity contribution in [3.63, 3.8) is 0 Å². The van der Waals surface area contributed by atoms with Crippen molar-refractivity contribution in [2.45, 2.75) is 19.4 Å². The number of carbonyl (C=O) groups is 4. The molecule has 2 N–H and O–H groups in total. The number of hydrogen-bond donors (Lipinski definition) is 2. The zero-order valence-electron chi connectivity index (χ0n) is 20.9. The van der Waals surface area contributed by atoms with Crippen LogP contribution in [0.2, 0.25) is 0 Å². The van der Waals surface area contributed by atoms with E-state index < -0.39 is 29.6 Å². The summed E-state index contributed by atoms with van der Waals surface area (Å²) in [4.78, 5) is 54.4. The Morgan fingerprint density at radius 2 is 1.86 bits per heavy atom. The van der Waals surface area contributed by atoms with Gasteiger partial charge in [-0.05, 0) is 43.3 Å². The Morgan fingerprint density at radius 1 is 1.14 bits per heavy atom. The van der Waals surface area contributed by atoms with E-state index in [0.29, 0.717) is 24.6 Å². The van der Waals surface area contributed by atoms with Gasteiger partial charge in [0, 0.05) is 13.6 Å². The van der Waals surface area contributed by atoms with E-state index in [1.807, 2.05) is 6.92 Å². The third-order valence-corrected chi connectivity index (χ3v) is 5.77. The second-order valence-corrected chi connectivity index (χ2v) is 8.39. The molecule has 1 aliphatic heterocycles. The molecule has 11 heteroatoms. The molecule has 10 nitrogen and oxygen atoms in total. The van der Waals surface area contributed by atoms with Gasteiger partial charge in [0.15, 0.2) is 0 Å². The van der Waals surface area contributed by atoms with Gasteiger partial charge in [-0.2, -0.15) is 0 Å². The molecule has 2 aromatic rings. The average Bonchev–Trinajstić information content (AvgIpc) is 2.89. The van der Waals surface area contributed by atoms with Crippen LogP contribution in [-0.4, -0.2) is 85.9 Å². The van der Waals surface area contributed by atoms with Crippen molar-refractivity contribution in [2.24, 2.45) is 0 Å². The standard InChI is InChI=1S/C26H31FN4O6/c1-3-31-13-15-37-22-7-5-4-6-20(22)25(34)29-21(16-23(32)30(2)17-24(31)33)26(35)28-12-14-36-19-10-8-18(27)9-11-19/h4-11,21H,3,12-17H2,1-2H3,(H,28,35)(H,29,34)/t21-/m0/s1. The molecule has 0 radical (unpaired) electrons. The molecule has 4 amide bonds. The number of nitrogens with zero attached hydrogens (tertiary/aromatic N) is 2. The fraction of sp³-hybridized carbons (Fsp3) is 0.385. The molecule has 0 aliphatic carbocycles. The summed E-state index contributed by atoms with van der Waals surface area (Å²) in [7, 11) is 1.47. The molecule has 198 valence electrons. The number of carbonyl (C=O) groups excluding carboxylic acids is 4. The molecule has 0 saturated carbocycles. The van der Waals surface area contributed by atoms with E-state index in [1.54, 1.807) is 29.2 Å². The number of nitrogens with one attached hydrogen (secondary N) is 2. The summed E-state index contributed by atoms with van der Waals surface area (Å²) in [5, 5.41) is 5.26. The Labute approximate surface area is 214 Å². The van der Waals surface area contributed by atoms with E-state index in [2.05, 4.69) is 10.6 Å². The van der Waals surface area contributed by atoms with Crippen LogP contribution >= 0.6 is 0 Å². The van der Waals surface area contributed by atoms with Crippen LogP contribution in [0.15, 0.2) is 48.5 Å². The normalized spacial score (nSPS) is 17.3. The largest absolute Gasteiger partial charge is 0.492 e. The van der Waals surface area contributed by atoms with Gasteiger partial charge in [-0.15, -0.1) is 0 Å². The third-order valence-electron chi connectivity index (χ3n) is 5.77. The lowest BCUT2D eigenvalue weighted by atomic mass is 10.1. The van der Waals surface area contributed by atoms with Gasteiger partial charge in [0.1, 0.15) is 36.6 Å². The maximum Gasteiger partial charge on any atom is 0.255 e. The van der Waals surface area contributed by atoms with Crippen molar-refractivity contribution in [2.75, 3.05) is 46.4 Å². The van der Waals surface area contributed by atoms with Crippen LogP contribution in [0.5, 0.6) is 11.5 Å². The van der Waals surface area contributed by atoms with Crippen LogP contribution < -0.4 is 20.1 Å². The third kappa shape index (κ3) is 7.92. The number of amides is 4. The summed E-state index contributed by atoms with van der Waals surface area (Å²) in [6, 6.07) is 10.8. The van der Waals surface area contributed by atoms with Crippen LogP contribution in [-0.2, 0) is 14.4 Å². The van der Waals surface area contributed by atoms with Gasteiger partial charge in [0.25, 0.3) is 5.91 Å². The molecule has 1 aliphatic rings. The van der Waals surface area contributed by atoms with E-state index in [-0.39, 0.29) is 44.2 Å². The van der Waals surface area contributed by atoms with Gasteiger partial charge in [-0.25, -0.2) is 4.39 Å². The number of ether oxygens (including phenoxy) is 2. The van der Waals surface area contributed by atoms with Gasteiger partial charge in [0.2, 0.25) is 17.7 Å². The number of fused-ring (bicyclic) bond motifs is 1. The summed E-state index contributed by atoms with van der Waals surface area (Å²) in [6.45, 7) is 2.69. The van der Waals surface area contributed by atoms with E-state index in [1.165, 1.54) is 36.2 Å². The lowest BCUT2D eigenvalue weighted by Crippen LogP contribution is -2.51. The van der Waals surface area contributed by atoms with E-state index >= 15 is 0 Å². The first kappa shape index (κ1) is 27.4. The molecule has 0 spiro atoms. The number of rotatable bonds is 6. The number of benzene rings is 2. The minimum absolute atomic E-state index is 0.0796. The number of halogens is 1. The fourth-order valence-electron chi connectivity index (χ4n) is 3.67. The Balaban J connectivity index is 1.73. The van der Waals surface area contributed by atoms with Crippen LogP contribution in [0.25, 0.3) is 0 Å². The van der Waals surface area contributed by atoms with Gasteiger partial charge >= 0.3 is 0 Å². The van der Waals surface area contributed by atoms with Crippen molar-refractivity contribution >= 4 is 23.6 Å². The van der Waals surface area contributed by atoms with Crippen molar-refractivity contribution in [1.29, 1.82) is 0 Å². The summed E-state index contributed by atoms with van der Waals surface area (Å²) in [5.41, 5.74) is 0.201. The first-order valence-electron chi connectivity index (χ1n) is 12.0. The molecule has 3 rings (SSSR count). The highest BCUT2D eigenvalue weighted by atomic mass is 19.1. The van der Waals surface area contributed by atoms with Crippen molar-refractivity contribution in [1.82, 2.24) is 20.4 Å². The van der Waals surface area contributed by atoms with Crippen LogP contribution in [0, 0.1) is 5.82 Å². The predicted octanol–water partition coefficient (Wildman–Crippen LogP) is 1.21. The number of likely N-dealkylation sites (N-methyl/N-ethyl adjacent to an activating group) is 2. The van der Waals surface area contributed by atoms with Crippen LogP contribution in [0.4, 0.5) is 4.39 Å². The molecule has 0 fully saturated rings. The molecule has 37 heavy (non-hydrogen) atoms. The lowest BCUT2D eigenvalue weighted by molar-refractivity contribution is -0.140. The van der Waals surface area contributed by atoms with Gasteiger partial charge in [-0.1, -0.05) is 12.1 Å². The monoisotopic (exact) mass is 514 g/mol. The molecule has 1 atom stereocenters. The van der Waals surface area contributed by atoms with Gasteiger partial charge < -0.3 is 29.9 Å². The van der Waals surface area contributed by atoms with Crippen molar-refractivity contribution < 1.29 is 33.0 Å². The predicted molar refractivity (Wildman–Crippen MR) is 133 cm³/mol. The molecule has 2 aromatic carbocycles. The fourth-order valence-corrected chi connectivity index (χ4v) is 3.67. The second kappa shape index (κ2) is 13.2. The number of para-hydroxylation sites is 1. The molecule has 0 aromatic heterocycles. The maximum atomic E-state index is 13.1. The first-order valence-corrected chi connectivity index (χ1v) is 12.0. The summed E-state index contributed by atoms with van der Waals surface area (Å²) >= 11 is 0. The Bertz CT molecular complexity index is 1110. The maximum absolute atomic E-state index is 13.1. The lowest BCUT2D eigenvalue weighted by Gasteiger charge is -2.27. The second-order valence-electron chi connectivity index (χ2n) is 8.39. The molecule has 0 saturated heterocycles. The molecular weight excluding hydrogens is 483 g/mol. The average molecular weight is 515 g/mol. The van der Waals surface area contributed by atoms with E-state index in [9.17, 15) is 23.6 Å². The van der Waals surface area contributed by atoms with Crippen LogP contribution in [0.1, 0.15) is 23.7 Å². The summed E-state index contributed by atoms with van der Waals surface area (Å²) in [5.74, 6) is -1.56. The highest BCUT2D eigenvalue weighted by Crippen LogP contribution is 2.19. The first-order chi connectivity index (χ1) is 17.8. The summed E-state index contributed by atoms with van der Waals surface area (Å²) in [6.07, 6.45) is -0.352. The zero-order valence-corrected chi connectivity index (χ0v) is 20.9. The molecular formula is C26H31FN4O6. The van der Waals surface area contributed by atoms with Gasteiger partial charge in [-0.3, -0.25) is 19.2 Å². The van der Waals surface area contributed by atoms with Crippen molar-refractivity contribution in [3.05, 3.63) is 59.9 Å². The van der Waals surface area contributed by atoms with Crippen LogP contribution in [0.3, 0.4) is 0 Å². The SMILES string of the molecule is CCN1CCOc2ccccc2C(=O)N[C@H](C(=O)NCCOc2ccc(F)cc2)CC(=O)N(C)CC1=O. The highest BCUT2D eigenvalue weighted by molar-refractivity contribution is 6.00. The Hall–Kier alpha value is -4.15. The Kier molecular flexibility index (Phi) is 9.82. The minimum Gasteiger partial charge on any atom is -0.492 e. The highest BCUT2D eigenvalue weighted by Gasteiger charge is 2.28. The van der Waals surface area contributed by atoms with E-state index in [0.717, 1.165) is 0 Å². The van der Waals surface area contributed by atoms with Gasteiger partial charge in [0.05, 0.1) is 31.6 Å². The molecule has 1 heterocycles. The minimum atomic E-state index is -1.21. The summed E-state index contributed by atoms with van der Waals surface area (Å²) < 4.78 is 24.3. The molecule has 0 unspecified atom stereocenters. The quantitative estimate of drug-likeness (QED) is 0.560. The zero-order chi connectivity index (χ0) is 26.8. The Morgan fingerprint density at radius 3 is 2.59 bits per heavy atom. The van der Waals surface area contributed by atoms with Crippen molar-refractivity contribution in [3.8, 4) is 11.5 Å². The smallest absolute Gasteiger partial charge is 0.255 e. The molecule has 0 bridgehead atoms.